The lowest BCUT2D eigenvalue weighted by Gasteiger charge is -2.10. The van der Waals surface area contributed by atoms with Crippen molar-refractivity contribution in [2.24, 2.45) is 0 Å². The predicted molar refractivity (Wildman–Crippen MR) is 105 cm³/mol. The van der Waals surface area contributed by atoms with Crippen LogP contribution in [0, 0.1) is 0 Å². The van der Waals surface area contributed by atoms with Crippen molar-refractivity contribution in [2.75, 3.05) is 13.2 Å². The van der Waals surface area contributed by atoms with Gasteiger partial charge in [0.2, 0.25) is 0 Å². The van der Waals surface area contributed by atoms with Gasteiger partial charge in [0, 0.05) is 11.1 Å². The summed E-state index contributed by atoms with van der Waals surface area (Å²) in [4.78, 5) is 9.55. The summed E-state index contributed by atoms with van der Waals surface area (Å²) >= 11 is 0. The first kappa shape index (κ1) is 17.0. The highest BCUT2D eigenvalue weighted by Gasteiger charge is 2.14. The molecule has 0 atom stereocenters. The lowest BCUT2D eigenvalue weighted by molar-refractivity contribution is 0.340. The Morgan fingerprint density at radius 2 is 1.26 bits per heavy atom. The van der Waals surface area contributed by atoms with E-state index in [0.717, 1.165) is 39.5 Å². The van der Waals surface area contributed by atoms with Crippen LogP contribution in [0.15, 0.2) is 54.7 Å². The topological polar surface area (TPSA) is 72.9 Å². The van der Waals surface area contributed by atoms with Crippen LogP contribution < -0.4 is 9.47 Å². The monoisotopic (exact) mass is 360 g/mol. The van der Waals surface area contributed by atoms with E-state index in [4.69, 9.17) is 19.4 Å². The van der Waals surface area contributed by atoms with Gasteiger partial charge in [-0.15, -0.1) is 0 Å². The van der Waals surface area contributed by atoms with Gasteiger partial charge in [0.1, 0.15) is 17.0 Å². The van der Waals surface area contributed by atoms with Crippen LogP contribution in [0.5, 0.6) is 11.5 Å². The molecule has 0 fully saturated rings. The molecule has 1 N–H and O–H groups in total. The van der Waals surface area contributed by atoms with E-state index in [-0.39, 0.29) is 0 Å². The van der Waals surface area contributed by atoms with Crippen LogP contribution in [0.1, 0.15) is 13.8 Å². The molecule has 0 amide bonds. The van der Waals surface area contributed by atoms with E-state index >= 15 is 0 Å². The number of nitrogens with zero attached hydrogens (tertiary/aromatic N) is 3. The second-order valence-electron chi connectivity index (χ2n) is 5.94. The van der Waals surface area contributed by atoms with Gasteiger partial charge in [0.05, 0.1) is 30.8 Å². The molecule has 0 saturated heterocycles. The molecule has 2 heterocycles. The van der Waals surface area contributed by atoms with Crippen LogP contribution in [0.2, 0.25) is 0 Å². The van der Waals surface area contributed by atoms with Gasteiger partial charge < -0.3 is 9.47 Å². The summed E-state index contributed by atoms with van der Waals surface area (Å²) < 4.78 is 11.1. The summed E-state index contributed by atoms with van der Waals surface area (Å²) in [6.07, 6.45) is 1.68. The number of ether oxygens (including phenoxy) is 2. The van der Waals surface area contributed by atoms with Crippen LogP contribution in [0.4, 0.5) is 0 Å². The summed E-state index contributed by atoms with van der Waals surface area (Å²) in [6.45, 7) is 5.21. The Bertz CT molecular complexity index is 957. The van der Waals surface area contributed by atoms with Crippen molar-refractivity contribution in [3.05, 3.63) is 54.7 Å². The normalized spacial score (nSPS) is 10.9. The average Bonchev–Trinajstić information content (AvgIpc) is 3.16. The average molecular weight is 360 g/mol. The molecule has 0 aliphatic carbocycles. The van der Waals surface area contributed by atoms with Crippen LogP contribution in [0.25, 0.3) is 33.7 Å². The van der Waals surface area contributed by atoms with E-state index < -0.39 is 0 Å². The highest BCUT2D eigenvalue weighted by atomic mass is 16.5. The fourth-order valence-corrected chi connectivity index (χ4v) is 2.93. The Hall–Kier alpha value is -3.41. The lowest BCUT2D eigenvalue weighted by Crippen LogP contribution is -1.96. The number of hydrogen-bond donors (Lipinski definition) is 1. The number of aromatic amines is 1. The third-order valence-corrected chi connectivity index (χ3v) is 4.16. The number of benzene rings is 2. The van der Waals surface area contributed by atoms with Crippen molar-refractivity contribution < 1.29 is 9.47 Å². The molecule has 4 rings (SSSR count). The number of rotatable bonds is 6. The maximum atomic E-state index is 5.54. The maximum absolute atomic E-state index is 5.54. The first-order valence-corrected chi connectivity index (χ1v) is 8.96. The standard InChI is InChI=1S/C21H20N4O2/c1-3-26-16-9-5-14(6-10-16)19-20(24-21-18(23-19)13-22-25-21)15-7-11-17(12-8-15)27-4-2/h5-13H,3-4H2,1-2H3,(H,22,24,25). The Labute approximate surface area is 157 Å². The second kappa shape index (κ2) is 7.45. The van der Waals surface area contributed by atoms with Gasteiger partial charge in [-0.1, -0.05) is 0 Å². The van der Waals surface area contributed by atoms with Gasteiger partial charge in [-0.25, -0.2) is 9.97 Å². The van der Waals surface area contributed by atoms with Gasteiger partial charge >= 0.3 is 0 Å². The third kappa shape index (κ3) is 3.46. The van der Waals surface area contributed by atoms with Crippen LogP contribution in [-0.2, 0) is 0 Å². The smallest absolute Gasteiger partial charge is 0.174 e. The zero-order valence-electron chi connectivity index (χ0n) is 15.3. The SMILES string of the molecule is CCOc1ccc(-c2nc3cn[nH]c3nc2-c2ccc(OCC)cc2)cc1. The van der Waals surface area contributed by atoms with Crippen LogP contribution in [-0.4, -0.2) is 33.4 Å². The Balaban J connectivity index is 1.82. The largest absolute Gasteiger partial charge is 0.494 e. The minimum atomic E-state index is 0.636. The highest BCUT2D eigenvalue weighted by molar-refractivity contribution is 5.84. The molecule has 0 saturated carbocycles. The number of H-pyrrole nitrogens is 1. The van der Waals surface area contributed by atoms with Gasteiger partial charge in [0.15, 0.2) is 5.65 Å². The molecule has 6 heteroatoms. The van der Waals surface area contributed by atoms with E-state index in [0.29, 0.717) is 18.9 Å². The summed E-state index contributed by atoms with van der Waals surface area (Å²) in [5.41, 5.74) is 4.92. The minimum Gasteiger partial charge on any atom is -0.494 e. The van der Waals surface area contributed by atoms with Crippen molar-refractivity contribution in [3.63, 3.8) is 0 Å². The second-order valence-corrected chi connectivity index (χ2v) is 5.94. The van der Waals surface area contributed by atoms with Crippen molar-refractivity contribution in [2.45, 2.75) is 13.8 Å². The zero-order chi connectivity index (χ0) is 18.6. The molecule has 0 spiro atoms. The maximum Gasteiger partial charge on any atom is 0.174 e. The fraction of sp³-hybridized carbons (Fsp3) is 0.190. The van der Waals surface area contributed by atoms with Crippen molar-refractivity contribution >= 4 is 11.2 Å². The highest BCUT2D eigenvalue weighted by Crippen LogP contribution is 2.32. The minimum absolute atomic E-state index is 0.636. The fourth-order valence-electron chi connectivity index (χ4n) is 2.93. The number of fused-ring (bicyclic) bond motifs is 1. The van der Waals surface area contributed by atoms with E-state index in [1.54, 1.807) is 6.20 Å². The summed E-state index contributed by atoms with van der Waals surface area (Å²) in [6, 6.07) is 15.8. The van der Waals surface area contributed by atoms with Crippen LogP contribution in [0.3, 0.4) is 0 Å². The van der Waals surface area contributed by atoms with Gasteiger partial charge in [-0.2, -0.15) is 5.10 Å². The summed E-state index contributed by atoms with van der Waals surface area (Å²) in [7, 11) is 0. The van der Waals surface area contributed by atoms with E-state index in [1.807, 2.05) is 62.4 Å². The molecule has 6 nitrogen and oxygen atoms in total. The molecule has 2 aromatic carbocycles. The Morgan fingerprint density at radius 3 is 1.78 bits per heavy atom. The van der Waals surface area contributed by atoms with Crippen molar-refractivity contribution in [1.29, 1.82) is 0 Å². The zero-order valence-corrected chi connectivity index (χ0v) is 15.3. The predicted octanol–water partition coefficient (Wildman–Crippen LogP) is 4.48. The third-order valence-electron chi connectivity index (χ3n) is 4.16. The van der Waals surface area contributed by atoms with E-state index in [9.17, 15) is 0 Å². The number of aromatic nitrogens is 4. The van der Waals surface area contributed by atoms with Gasteiger partial charge in [-0.3, -0.25) is 5.10 Å². The summed E-state index contributed by atoms with van der Waals surface area (Å²) in [5.74, 6) is 1.67. The molecule has 4 aromatic rings. The lowest BCUT2D eigenvalue weighted by atomic mass is 10.0. The molecular weight excluding hydrogens is 340 g/mol. The Kier molecular flexibility index (Phi) is 4.70. The molecular formula is C21H20N4O2. The molecule has 2 aromatic heterocycles. The first-order chi connectivity index (χ1) is 13.3. The number of nitrogens with one attached hydrogen (secondary N) is 1. The quantitative estimate of drug-likeness (QED) is 0.549. The van der Waals surface area contributed by atoms with Crippen molar-refractivity contribution in [3.8, 4) is 34.0 Å². The van der Waals surface area contributed by atoms with Crippen molar-refractivity contribution in [1.82, 2.24) is 20.2 Å². The molecule has 0 unspecified atom stereocenters. The Morgan fingerprint density at radius 1 is 0.741 bits per heavy atom. The molecule has 0 aliphatic heterocycles. The van der Waals surface area contributed by atoms with Gasteiger partial charge in [0.25, 0.3) is 0 Å². The van der Waals surface area contributed by atoms with Gasteiger partial charge in [-0.05, 0) is 62.4 Å². The summed E-state index contributed by atoms with van der Waals surface area (Å²) in [5, 5.41) is 6.96. The molecule has 27 heavy (non-hydrogen) atoms. The van der Waals surface area contributed by atoms with E-state index in [2.05, 4.69) is 10.2 Å². The van der Waals surface area contributed by atoms with E-state index in [1.165, 1.54) is 0 Å². The molecule has 136 valence electrons. The van der Waals surface area contributed by atoms with Crippen LogP contribution >= 0.6 is 0 Å². The molecule has 0 aliphatic rings. The molecule has 0 bridgehead atoms. The number of hydrogen-bond acceptors (Lipinski definition) is 5. The first-order valence-electron chi connectivity index (χ1n) is 8.96. The molecule has 0 radical (unpaired) electrons.